The quantitative estimate of drug-likeness (QED) is 0.695. The van der Waals surface area contributed by atoms with Gasteiger partial charge in [-0.25, -0.2) is 4.39 Å². The van der Waals surface area contributed by atoms with Crippen LogP contribution in [0.3, 0.4) is 0 Å². The first-order chi connectivity index (χ1) is 10.5. The maximum absolute atomic E-state index is 12.9. The topological polar surface area (TPSA) is 89.5 Å². The van der Waals surface area contributed by atoms with Gasteiger partial charge in [-0.3, -0.25) is 14.9 Å². The number of nitro benzene ring substituents is 1. The second-order valence-electron chi connectivity index (χ2n) is 5.03. The second kappa shape index (κ2) is 5.19. The number of hydrogen-bond donors (Lipinski definition) is 1. The standard InChI is InChI=1S/C15H12FN3O3/c16-10-3-1-9(2-4-10)8-18-13-6-5-11(19(21)22)7-12(13)14(17)15(18)20/h1-7,14H,8,17H2. The Morgan fingerprint density at radius 1 is 1.23 bits per heavy atom. The maximum Gasteiger partial charge on any atom is 0.269 e. The number of benzene rings is 2. The molecule has 7 heteroatoms. The average Bonchev–Trinajstić information content (AvgIpc) is 2.74. The van der Waals surface area contributed by atoms with Crippen molar-refractivity contribution >= 4 is 17.3 Å². The van der Waals surface area contributed by atoms with Gasteiger partial charge in [0, 0.05) is 23.4 Å². The fraction of sp³-hybridized carbons (Fsp3) is 0.133. The van der Waals surface area contributed by atoms with Crippen molar-refractivity contribution in [3.8, 4) is 0 Å². The number of halogens is 1. The number of nitro groups is 1. The Kier molecular flexibility index (Phi) is 3.34. The number of nitrogens with zero attached hydrogens (tertiary/aromatic N) is 2. The van der Waals surface area contributed by atoms with E-state index in [4.69, 9.17) is 5.73 Å². The van der Waals surface area contributed by atoms with E-state index in [1.807, 2.05) is 0 Å². The van der Waals surface area contributed by atoms with Gasteiger partial charge in [0.15, 0.2) is 0 Å². The van der Waals surface area contributed by atoms with Crippen LogP contribution < -0.4 is 10.6 Å². The third-order valence-corrected chi connectivity index (χ3v) is 3.63. The van der Waals surface area contributed by atoms with Gasteiger partial charge >= 0.3 is 0 Å². The molecule has 2 N–H and O–H groups in total. The molecule has 1 heterocycles. The zero-order valence-corrected chi connectivity index (χ0v) is 11.4. The monoisotopic (exact) mass is 301 g/mol. The van der Waals surface area contributed by atoms with Gasteiger partial charge in [0.05, 0.1) is 11.5 Å². The fourth-order valence-electron chi connectivity index (χ4n) is 2.51. The first-order valence-electron chi connectivity index (χ1n) is 6.57. The lowest BCUT2D eigenvalue weighted by Gasteiger charge is -2.17. The lowest BCUT2D eigenvalue weighted by molar-refractivity contribution is -0.384. The summed E-state index contributed by atoms with van der Waals surface area (Å²) in [7, 11) is 0. The zero-order valence-electron chi connectivity index (χ0n) is 11.4. The molecular weight excluding hydrogens is 289 g/mol. The number of amides is 1. The van der Waals surface area contributed by atoms with Crippen molar-refractivity contribution in [1.29, 1.82) is 0 Å². The number of rotatable bonds is 3. The molecule has 2 aromatic carbocycles. The lowest BCUT2D eigenvalue weighted by atomic mass is 10.1. The van der Waals surface area contributed by atoms with Crippen LogP contribution in [0.1, 0.15) is 17.2 Å². The smallest absolute Gasteiger partial charge is 0.269 e. The summed E-state index contributed by atoms with van der Waals surface area (Å²) in [6, 6.07) is 9.04. The molecule has 0 aromatic heterocycles. The van der Waals surface area contributed by atoms with Gasteiger partial charge in [-0.15, -0.1) is 0 Å². The Morgan fingerprint density at radius 3 is 2.55 bits per heavy atom. The van der Waals surface area contributed by atoms with Crippen molar-refractivity contribution < 1.29 is 14.1 Å². The highest BCUT2D eigenvalue weighted by atomic mass is 19.1. The van der Waals surface area contributed by atoms with Crippen LogP contribution in [0.5, 0.6) is 0 Å². The molecule has 22 heavy (non-hydrogen) atoms. The van der Waals surface area contributed by atoms with Crippen LogP contribution in [0, 0.1) is 15.9 Å². The molecule has 1 unspecified atom stereocenters. The van der Waals surface area contributed by atoms with Crippen LogP contribution >= 0.6 is 0 Å². The Balaban J connectivity index is 1.96. The Hall–Kier alpha value is -2.80. The summed E-state index contributed by atoms with van der Waals surface area (Å²) in [6.45, 7) is 0.234. The average molecular weight is 301 g/mol. The zero-order chi connectivity index (χ0) is 15.9. The van der Waals surface area contributed by atoms with Gasteiger partial charge < -0.3 is 10.6 Å². The van der Waals surface area contributed by atoms with Gasteiger partial charge in [-0.05, 0) is 23.8 Å². The molecule has 2 aromatic rings. The van der Waals surface area contributed by atoms with Crippen molar-refractivity contribution in [2.75, 3.05) is 4.90 Å². The molecule has 1 aliphatic heterocycles. The van der Waals surface area contributed by atoms with E-state index in [1.165, 1.54) is 35.2 Å². The summed E-state index contributed by atoms with van der Waals surface area (Å²) in [4.78, 5) is 24.0. The molecule has 0 radical (unpaired) electrons. The molecule has 0 saturated heterocycles. The number of fused-ring (bicyclic) bond motifs is 1. The van der Waals surface area contributed by atoms with Crippen LogP contribution in [0.25, 0.3) is 0 Å². The van der Waals surface area contributed by atoms with E-state index in [9.17, 15) is 19.3 Å². The Bertz CT molecular complexity index is 761. The SMILES string of the molecule is NC1C(=O)N(Cc2ccc(F)cc2)c2ccc([N+](=O)[O-])cc21. The molecule has 0 saturated carbocycles. The van der Waals surface area contributed by atoms with E-state index in [-0.39, 0.29) is 24.0 Å². The van der Waals surface area contributed by atoms with E-state index in [1.54, 1.807) is 12.1 Å². The lowest BCUT2D eigenvalue weighted by Crippen LogP contribution is -2.31. The van der Waals surface area contributed by atoms with Crippen LogP contribution in [-0.4, -0.2) is 10.8 Å². The summed E-state index contributed by atoms with van der Waals surface area (Å²) >= 11 is 0. The summed E-state index contributed by atoms with van der Waals surface area (Å²) in [5, 5.41) is 10.8. The van der Waals surface area contributed by atoms with Gasteiger partial charge in [-0.1, -0.05) is 12.1 Å². The minimum atomic E-state index is -0.921. The molecule has 6 nitrogen and oxygen atoms in total. The van der Waals surface area contributed by atoms with Crippen molar-refractivity contribution in [2.45, 2.75) is 12.6 Å². The second-order valence-corrected chi connectivity index (χ2v) is 5.03. The minimum Gasteiger partial charge on any atom is -0.316 e. The summed E-state index contributed by atoms with van der Waals surface area (Å²) < 4.78 is 12.9. The number of hydrogen-bond acceptors (Lipinski definition) is 4. The van der Waals surface area contributed by atoms with Gasteiger partial charge in [0.25, 0.3) is 5.69 Å². The third kappa shape index (κ3) is 2.31. The predicted molar refractivity (Wildman–Crippen MR) is 77.6 cm³/mol. The third-order valence-electron chi connectivity index (χ3n) is 3.63. The first-order valence-corrected chi connectivity index (χ1v) is 6.57. The van der Waals surface area contributed by atoms with Crippen LogP contribution in [0.15, 0.2) is 42.5 Å². The van der Waals surface area contributed by atoms with Crippen molar-refractivity contribution in [3.63, 3.8) is 0 Å². The van der Waals surface area contributed by atoms with Gasteiger partial charge in [0.1, 0.15) is 11.9 Å². The normalized spacial score (nSPS) is 16.7. The summed E-state index contributed by atoms with van der Waals surface area (Å²) in [5.74, 6) is -0.691. The molecule has 0 fully saturated rings. The predicted octanol–water partition coefficient (Wildman–Crippen LogP) is 2.28. The highest BCUT2D eigenvalue weighted by Gasteiger charge is 2.35. The van der Waals surface area contributed by atoms with Crippen molar-refractivity contribution in [2.24, 2.45) is 5.73 Å². The number of non-ortho nitro benzene ring substituents is 1. The van der Waals surface area contributed by atoms with Gasteiger partial charge in [0.2, 0.25) is 5.91 Å². The molecule has 0 aliphatic carbocycles. The molecule has 3 rings (SSSR count). The number of carbonyl (C=O) groups is 1. The first kappa shape index (κ1) is 14.2. The van der Waals surface area contributed by atoms with E-state index in [0.29, 0.717) is 11.3 Å². The number of nitrogens with two attached hydrogens (primary N) is 1. The minimum absolute atomic E-state index is 0.106. The fourth-order valence-corrected chi connectivity index (χ4v) is 2.51. The molecule has 1 atom stereocenters. The van der Waals surface area contributed by atoms with Crippen molar-refractivity contribution in [3.05, 3.63) is 69.5 Å². The molecule has 0 spiro atoms. The van der Waals surface area contributed by atoms with E-state index < -0.39 is 11.0 Å². The van der Waals surface area contributed by atoms with Crippen LogP contribution in [0.4, 0.5) is 15.8 Å². The maximum atomic E-state index is 12.9. The van der Waals surface area contributed by atoms with Crippen LogP contribution in [-0.2, 0) is 11.3 Å². The Morgan fingerprint density at radius 2 is 1.91 bits per heavy atom. The molecule has 0 bridgehead atoms. The number of anilines is 1. The summed E-state index contributed by atoms with van der Waals surface area (Å²) in [6.07, 6.45) is 0. The molecule has 1 amide bonds. The highest BCUT2D eigenvalue weighted by molar-refractivity contribution is 6.04. The van der Waals surface area contributed by atoms with E-state index >= 15 is 0 Å². The van der Waals surface area contributed by atoms with Gasteiger partial charge in [-0.2, -0.15) is 0 Å². The molecule has 1 aliphatic rings. The Labute approximate surface area is 125 Å². The van der Waals surface area contributed by atoms with E-state index in [0.717, 1.165) is 5.56 Å². The number of carbonyl (C=O) groups excluding carboxylic acids is 1. The van der Waals surface area contributed by atoms with Crippen molar-refractivity contribution in [1.82, 2.24) is 0 Å². The molecular formula is C15H12FN3O3. The largest absolute Gasteiger partial charge is 0.316 e. The summed E-state index contributed by atoms with van der Waals surface area (Å²) in [5.41, 5.74) is 7.47. The van der Waals surface area contributed by atoms with Crippen LogP contribution in [0.2, 0.25) is 0 Å². The highest BCUT2D eigenvalue weighted by Crippen LogP contribution is 2.37. The molecule has 112 valence electrons. The van der Waals surface area contributed by atoms with E-state index in [2.05, 4.69) is 0 Å².